The van der Waals surface area contributed by atoms with Crippen LogP contribution >= 0.6 is 0 Å². The molecule has 1 unspecified atom stereocenters. The van der Waals surface area contributed by atoms with Crippen LogP contribution in [-0.2, 0) is 13.0 Å². The van der Waals surface area contributed by atoms with Gasteiger partial charge in [0.15, 0.2) is 0 Å². The van der Waals surface area contributed by atoms with E-state index in [1.54, 1.807) is 41.9 Å². The fourth-order valence-electron chi connectivity index (χ4n) is 3.72. The van der Waals surface area contributed by atoms with Crippen LogP contribution in [0.4, 0.5) is 5.69 Å². The van der Waals surface area contributed by atoms with E-state index in [0.29, 0.717) is 28.6 Å². The van der Waals surface area contributed by atoms with Crippen LogP contribution in [-0.4, -0.2) is 32.3 Å². The highest BCUT2D eigenvalue weighted by Gasteiger charge is 2.22. The zero-order chi connectivity index (χ0) is 20.7. The lowest BCUT2D eigenvalue weighted by atomic mass is 10.0. The minimum absolute atomic E-state index is 0.0144. The molecule has 148 valence electrons. The third-order valence-electron chi connectivity index (χ3n) is 5.53. The molecule has 4 rings (SSSR count). The number of nitrogens with zero attached hydrogens (tertiary/aromatic N) is 4. The molecule has 0 N–H and O–H groups in total. The summed E-state index contributed by atoms with van der Waals surface area (Å²) in [5.74, 6) is 0.513. The van der Waals surface area contributed by atoms with Crippen molar-refractivity contribution in [2.75, 3.05) is 7.05 Å². The Balaban J connectivity index is 1.66. The monoisotopic (exact) mass is 392 g/mol. The third-order valence-corrected chi connectivity index (χ3v) is 5.53. The summed E-state index contributed by atoms with van der Waals surface area (Å²) in [7, 11) is 1.65. The summed E-state index contributed by atoms with van der Waals surface area (Å²) < 4.78 is 1.69. The Hall–Kier alpha value is -3.55. The largest absolute Gasteiger partial charge is 0.335 e. The highest BCUT2D eigenvalue weighted by molar-refractivity contribution is 5.97. The second-order valence-electron chi connectivity index (χ2n) is 7.26. The van der Waals surface area contributed by atoms with Crippen LogP contribution in [0.5, 0.6) is 0 Å². The number of aryl methyl sites for hydroxylation is 1. The van der Waals surface area contributed by atoms with Crippen molar-refractivity contribution in [2.45, 2.75) is 32.4 Å². The first-order valence-corrected chi connectivity index (χ1v) is 9.42. The summed E-state index contributed by atoms with van der Waals surface area (Å²) in [6, 6.07) is 10.8. The molecule has 2 heterocycles. The van der Waals surface area contributed by atoms with Crippen molar-refractivity contribution in [1.29, 1.82) is 0 Å². The van der Waals surface area contributed by atoms with Gasteiger partial charge in [-0.15, -0.1) is 0 Å². The van der Waals surface area contributed by atoms with Gasteiger partial charge in [0.1, 0.15) is 5.82 Å². The van der Waals surface area contributed by atoms with Gasteiger partial charge in [0.05, 0.1) is 21.9 Å². The molecule has 0 saturated carbocycles. The molecule has 8 nitrogen and oxygen atoms in total. The van der Waals surface area contributed by atoms with E-state index in [0.717, 1.165) is 18.7 Å². The van der Waals surface area contributed by atoms with Crippen molar-refractivity contribution in [1.82, 2.24) is 14.5 Å². The van der Waals surface area contributed by atoms with Gasteiger partial charge < -0.3 is 4.90 Å². The minimum atomic E-state index is -0.454. The molecule has 0 aliphatic carbocycles. The Morgan fingerprint density at radius 2 is 2.07 bits per heavy atom. The van der Waals surface area contributed by atoms with Gasteiger partial charge in [-0.25, -0.2) is 4.98 Å². The number of carbonyl (C=O) groups excluding carboxylic acids is 1. The second-order valence-corrected chi connectivity index (χ2v) is 7.26. The van der Waals surface area contributed by atoms with Gasteiger partial charge in [0.25, 0.3) is 17.2 Å². The number of carbonyl (C=O) groups is 1. The normalized spacial score (nSPS) is 13.9. The molecule has 8 heteroatoms. The molecule has 29 heavy (non-hydrogen) atoms. The maximum atomic E-state index is 13.0. The highest BCUT2D eigenvalue weighted by Crippen LogP contribution is 2.25. The molecule has 1 aliphatic heterocycles. The van der Waals surface area contributed by atoms with E-state index in [1.165, 1.54) is 17.0 Å². The van der Waals surface area contributed by atoms with Gasteiger partial charge in [-0.05, 0) is 37.1 Å². The molecule has 3 aromatic rings. The van der Waals surface area contributed by atoms with E-state index >= 15 is 0 Å². The van der Waals surface area contributed by atoms with Crippen LogP contribution in [0.2, 0.25) is 0 Å². The molecule has 0 radical (unpaired) electrons. The average Bonchev–Trinajstić information content (AvgIpc) is 3.20. The number of aromatic nitrogens is 2. The fraction of sp³-hybridized carbons (Fsp3) is 0.286. The van der Waals surface area contributed by atoms with Crippen molar-refractivity contribution in [3.8, 4) is 0 Å². The molecular weight excluding hydrogens is 372 g/mol. The van der Waals surface area contributed by atoms with Crippen LogP contribution in [0.1, 0.15) is 41.1 Å². The van der Waals surface area contributed by atoms with Gasteiger partial charge >= 0.3 is 0 Å². The lowest BCUT2D eigenvalue weighted by Crippen LogP contribution is -2.30. The number of nitro groups is 1. The zero-order valence-electron chi connectivity index (χ0n) is 16.2. The first-order chi connectivity index (χ1) is 13.9. The number of benzene rings is 2. The van der Waals surface area contributed by atoms with Gasteiger partial charge in [-0.2, -0.15) is 0 Å². The molecule has 1 amide bonds. The predicted octanol–water partition coefficient (Wildman–Crippen LogP) is 3.08. The van der Waals surface area contributed by atoms with Crippen LogP contribution in [0.15, 0.2) is 47.3 Å². The lowest BCUT2D eigenvalue weighted by Gasteiger charge is -2.25. The summed E-state index contributed by atoms with van der Waals surface area (Å²) >= 11 is 0. The van der Waals surface area contributed by atoms with Crippen LogP contribution in [0.25, 0.3) is 10.9 Å². The van der Waals surface area contributed by atoms with Crippen LogP contribution in [0, 0.1) is 10.1 Å². The van der Waals surface area contributed by atoms with E-state index in [1.807, 2.05) is 6.92 Å². The Morgan fingerprint density at radius 1 is 1.28 bits per heavy atom. The molecule has 0 saturated heterocycles. The summed E-state index contributed by atoms with van der Waals surface area (Å²) in [5, 5.41) is 11.5. The smallest absolute Gasteiger partial charge is 0.269 e. The van der Waals surface area contributed by atoms with Crippen molar-refractivity contribution in [2.24, 2.45) is 0 Å². The molecule has 2 aromatic carbocycles. The Kier molecular flexibility index (Phi) is 4.62. The average molecular weight is 392 g/mol. The molecular formula is C21H20N4O4. The summed E-state index contributed by atoms with van der Waals surface area (Å²) in [6.07, 6.45) is 1.65. The standard InChI is InChI=1S/C21H20N4O4/c1-13(14-5-3-6-16(11-14)25(28)29)23(2)20(26)15-8-9-17-18(12-15)22-19-7-4-10-24(19)21(17)27/h3,5-6,8-9,11-13H,4,7,10H2,1-2H3. The summed E-state index contributed by atoms with van der Waals surface area (Å²) in [6.45, 7) is 2.50. The first kappa shape index (κ1) is 18.8. The number of hydrogen-bond donors (Lipinski definition) is 0. The molecule has 0 bridgehead atoms. The van der Waals surface area contributed by atoms with E-state index in [9.17, 15) is 19.7 Å². The Morgan fingerprint density at radius 3 is 2.83 bits per heavy atom. The first-order valence-electron chi connectivity index (χ1n) is 9.42. The van der Waals surface area contributed by atoms with Gasteiger partial charge in [0, 0.05) is 37.7 Å². The summed E-state index contributed by atoms with van der Waals surface area (Å²) in [4.78, 5) is 42.3. The maximum absolute atomic E-state index is 13.0. The molecule has 1 aromatic heterocycles. The van der Waals surface area contributed by atoms with Crippen LogP contribution in [0.3, 0.4) is 0 Å². The molecule has 1 atom stereocenters. The number of rotatable bonds is 4. The number of hydrogen-bond acceptors (Lipinski definition) is 5. The zero-order valence-corrected chi connectivity index (χ0v) is 16.2. The van der Waals surface area contributed by atoms with Crippen molar-refractivity contribution in [3.05, 3.63) is 79.9 Å². The highest BCUT2D eigenvalue weighted by atomic mass is 16.6. The quantitative estimate of drug-likeness (QED) is 0.502. The Bertz CT molecular complexity index is 1200. The SMILES string of the molecule is CC(c1cccc([N+](=O)[O-])c1)N(C)C(=O)c1ccc2c(=O)n3c(nc2c1)CCC3. The van der Waals surface area contributed by atoms with E-state index in [4.69, 9.17) is 0 Å². The maximum Gasteiger partial charge on any atom is 0.269 e. The van der Waals surface area contributed by atoms with Gasteiger partial charge in [-0.1, -0.05) is 12.1 Å². The van der Waals surface area contributed by atoms with E-state index in [-0.39, 0.29) is 23.2 Å². The second kappa shape index (κ2) is 7.12. The molecule has 0 fully saturated rings. The van der Waals surface area contributed by atoms with Gasteiger partial charge in [-0.3, -0.25) is 24.3 Å². The predicted molar refractivity (Wildman–Crippen MR) is 108 cm³/mol. The van der Waals surface area contributed by atoms with Crippen molar-refractivity contribution < 1.29 is 9.72 Å². The topological polar surface area (TPSA) is 98.3 Å². The van der Waals surface area contributed by atoms with E-state index in [2.05, 4.69) is 4.98 Å². The molecule has 1 aliphatic rings. The Labute approximate surface area is 166 Å². The number of amides is 1. The third kappa shape index (κ3) is 3.26. The molecule has 0 spiro atoms. The lowest BCUT2D eigenvalue weighted by molar-refractivity contribution is -0.384. The number of fused-ring (bicyclic) bond motifs is 2. The van der Waals surface area contributed by atoms with Gasteiger partial charge in [0.2, 0.25) is 0 Å². The minimum Gasteiger partial charge on any atom is -0.335 e. The summed E-state index contributed by atoms with van der Waals surface area (Å²) in [5.41, 5.74) is 1.53. The fourth-order valence-corrected chi connectivity index (χ4v) is 3.72. The number of nitro benzene ring substituents is 1. The van der Waals surface area contributed by atoms with Crippen molar-refractivity contribution in [3.63, 3.8) is 0 Å². The van der Waals surface area contributed by atoms with E-state index < -0.39 is 4.92 Å². The number of non-ortho nitro benzene ring substituents is 1. The van der Waals surface area contributed by atoms with Crippen LogP contribution < -0.4 is 5.56 Å². The van der Waals surface area contributed by atoms with Crippen molar-refractivity contribution >= 4 is 22.5 Å².